The minimum absolute atomic E-state index is 0.0864. The van der Waals surface area contributed by atoms with E-state index in [-0.39, 0.29) is 12.5 Å². The van der Waals surface area contributed by atoms with Crippen LogP contribution < -0.4 is 4.74 Å². The van der Waals surface area contributed by atoms with Crippen LogP contribution in [0.3, 0.4) is 0 Å². The minimum atomic E-state index is -1.00. The first-order valence-electron chi connectivity index (χ1n) is 6.13. The van der Waals surface area contributed by atoms with Crippen molar-refractivity contribution in [2.24, 2.45) is 0 Å². The highest BCUT2D eigenvalue weighted by atomic mass is 16.5. The van der Waals surface area contributed by atoms with Crippen LogP contribution >= 0.6 is 0 Å². The second-order valence-corrected chi connectivity index (χ2v) is 4.81. The zero-order chi connectivity index (χ0) is 14.0. The van der Waals surface area contributed by atoms with Gasteiger partial charge in [-0.1, -0.05) is 12.1 Å². The van der Waals surface area contributed by atoms with Crippen molar-refractivity contribution in [3.05, 3.63) is 29.8 Å². The molecule has 1 amide bonds. The maximum absolute atomic E-state index is 11.7. The van der Waals surface area contributed by atoms with Crippen LogP contribution in [0, 0.1) is 0 Å². The third-order valence-electron chi connectivity index (χ3n) is 3.77. The summed E-state index contributed by atoms with van der Waals surface area (Å²) >= 11 is 0. The number of aliphatic carboxylic acids is 1. The molecule has 1 aliphatic heterocycles. The van der Waals surface area contributed by atoms with Gasteiger partial charge in [0, 0.05) is 20.0 Å². The van der Waals surface area contributed by atoms with E-state index in [9.17, 15) is 14.7 Å². The van der Waals surface area contributed by atoms with Crippen LogP contribution in [-0.2, 0) is 15.0 Å². The first-order chi connectivity index (χ1) is 8.99. The second-order valence-electron chi connectivity index (χ2n) is 4.81. The van der Waals surface area contributed by atoms with Crippen molar-refractivity contribution >= 4 is 11.9 Å². The molecule has 19 heavy (non-hydrogen) atoms. The van der Waals surface area contributed by atoms with E-state index in [1.165, 1.54) is 6.92 Å². The average molecular weight is 263 g/mol. The topological polar surface area (TPSA) is 66.8 Å². The van der Waals surface area contributed by atoms with E-state index in [1.54, 1.807) is 36.3 Å². The lowest BCUT2D eigenvalue weighted by Gasteiger charge is -2.25. The third kappa shape index (κ3) is 2.28. The number of hydrogen-bond donors (Lipinski definition) is 1. The molecular weight excluding hydrogens is 246 g/mol. The molecule has 1 unspecified atom stereocenters. The molecule has 5 heteroatoms. The SMILES string of the molecule is COc1ccc(C2(C(=O)O)CCN(C(C)=O)C2)cc1. The Balaban J connectivity index is 2.35. The number of carboxylic acid groups (broad SMARTS) is 1. The number of methoxy groups -OCH3 is 1. The smallest absolute Gasteiger partial charge is 0.316 e. The first kappa shape index (κ1) is 13.4. The number of carboxylic acids is 1. The summed E-state index contributed by atoms with van der Waals surface area (Å²) in [6, 6.07) is 7.01. The van der Waals surface area contributed by atoms with E-state index in [2.05, 4.69) is 0 Å². The highest BCUT2D eigenvalue weighted by Gasteiger charge is 2.47. The van der Waals surface area contributed by atoms with E-state index in [0.29, 0.717) is 24.3 Å². The fraction of sp³-hybridized carbons (Fsp3) is 0.429. The molecule has 1 N–H and O–H groups in total. The Labute approximate surface area is 111 Å². The van der Waals surface area contributed by atoms with Crippen molar-refractivity contribution in [1.82, 2.24) is 4.90 Å². The number of benzene rings is 1. The molecule has 0 spiro atoms. The van der Waals surface area contributed by atoms with Crippen molar-refractivity contribution in [3.63, 3.8) is 0 Å². The summed E-state index contributed by atoms with van der Waals surface area (Å²) in [5, 5.41) is 9.57. The first-order valence-corrected chi connectivity index (χ1v) is 6.13. The fourth-order valence-corrected chi connectivity index (χ4v) is 2.52. The van der Waals surface area contributed by atoms with Crippen LogP contribution in [0.1, 0.15) is 18.9 Å². The summed E-state index contributed by atoms with van der Waals surface area (Å²) in [5.74, 6) is -0.288. The Morgan fingerprint density at radius 3 is 2.37 bits per heavy atom. The highest BCUT2D eigenvalue weighted by Crippen LogP contribution is 2.35. The van der Waals surface area contributed by atoms with Crippen LogP contribution in [0.2, 0.25) is 0 Å². The van der Waals surface area contributed by atoms with Gasteiger partial charge >= 0.3 is 5.97 Å². The van der Waals surface area contributed by atoms with E-state index in [0.717, 1.165) is 0 Å². The molecule has 1 fully saturated rings. The standard InChI is InChI=1S/C14H17NO4/c1-10(16)15-8-7-14(9-15,13(17)18)11-3-5-12(19-2)6-4-11/h3-6H,7-9H2,1-2H3,(H,17,18). The van der Waals surface area contributed by atoms with Gasteiger partial charge in [0.25, 0.3) is 0 Å². The summed E-state index contributed by atoms with van der Waals surface area (Å²) < 4.78 is 5.07. The van der Waals surface area contributed by atoms with E-state index in [4.69, 9.17) is 4.74 Å². The molecule has 0 aromatic heterocycles. The second kappa shape index (κ2) is 4.91. The van der Waals surface area contributed by atoms with Crippen molar-refractivity contribution in [1.29, 1.82) is 0 Å². The van der Waals surface area contributed by atoms with Crippen molar-refractivity contribution in [2.45, 2.75) is 18.8 Å². The van der Waals surface area contributed by atoms with Gasteiger partial charge in [0.15, 0.2) is 0 Å². The quantitative estimate of drug-likeness (QED) is 0.891. The van der Waals surface area contributed by atoms with Crippen molar-refractivity contribution in [2.75, 3.05) is 20.2 Å². The number of carbonyl (C=O) groups is 2. The number of amides is 1. The molecule has 1 aliphatic rings. The zero-order valence-electron chi connectivity index (χ0n) is 11.0. The van der Waals surface area contributed by atoms with Crippen LogP contribution in [0.5, 0.6) is 5.75 Å². The average Bonchev–Trinajstić information content (AvgIpc) is 2.85. The van der Waals surface area contributed by atoms with Gasteiger partial charge in [-0.05, 0) is 24.1 Å². The Bertz CT molecular complexity index is 497. The van der Waals surface area contributed by atoms with Gasteiger partial charge < -0.3 is 14.7 Å². The Kier molecular flexibility index (Phi) is 3.46. The van der Waals surface area contributed by atoms with Crippen LogP contribution in [0.25, 0.3) is 0 Å². The lowest BCUT2D eigenvalue weighted by Crippen LogP contribution is -2.39. The van der Waals surface area contributed by atoms with Gasteiger partial charge in [-0.2, -0.15) is 0 Å². The Hall–Kier alpha value is -2.04. The summed E-state index contributed by atoms with van der Waals surface area (Å²) in [4.78, 5) is 24.7. The summed E-state index contributed by atoms with van der Waals surface area (Å²) in [7, 11) is 1.56. The van der Waals surface area contributed by atoms with Gasteiger partial charge in [-0.3, -0.25) is 9.59 Å². The van der Waals surface area contributed by atoms with E-state index >= 15 is 0 Å². The normalized spacial score (nSPS) is 22.3. The number of rotatable bonds is 3. The largest absolute Gasteiger partial charge is 0.497 e. The molecule has 0 aliphatic carbocycles. The number of ether oxygens (including phenoxy) is 1. The third-order valence-corrected chi connectivity index (χ3v) is 3.77. The summed E-state index contributed by atoms with van der Waals surface area (Å²) in [5.41, 5.74) is -0.289. The van der Waals surface area contributed by atoms with Crippen LogP contribution in [-0.4, -0.2) is 42.1 Å². The Morgan fingerprint density at radius 2 is 1.95 bits per heavy atom. The van der Waals surface area contributed by atoms with Crippen LogP contribution in [0.4, 0.5) is 0 Å². The monoisotopic (exact) mass is 263 g/mol. The molecule has 5 nitrogen and oxygen atoms in total. The number of carbonyl (C=O) groups excluding carboxylic acids is 1. The molecule has 1 atom stereocenters. The minimum Gasteiger partial charge on any atom is -0.497 e. The van der Waals surface area contributed by atoms with Gasteiger partial charge in [0.05, 0.1) is 7.11 Å². The van der Waals surface area contributed by atoms with Gasteiger partial charge in [0.2, 0.25) is 5.91 Å². The molecule has 1 saturated heterocycles. The molecule has 0 radical (unpaired) electrons. The summed E-state index contributed by atoms with van der Waals surface area (Å²) in [6.45, 7) is 2.17. The molecule has 0 bridgehead atoms. The highest BCUT2D eigenvalue weighted by molar-refractivity contribution is 5.84. The lowest BCUT2D eigenvalue weighted by molar-refractivity contribution is -0.143. The number of likely N-dealkylation sites (tertiary alicyclic amines) is 1. The number of hydrogen-bond acceptors (Lipinski definition) is 3. The Morgan fingerprint density at radius 1 is 1.32 bits per heavy atom. The van der Waals surface area contributed by atoms with E-state index < -0.39 is 11.4 Å². The molecular formula is C14H17NO4. The van der Waals surface area contributed by atoms with Gasteiger partial charge in [-0.25, -0.2) is 0 Å². The zero-order valence-corrected chi connectivity index (χ0v) is 11.0. The molecule has 2 rings (SSSR count). The predicted octanol–water partition coefficient (Wildman–Crippen LogP) is 1.27. The maximum atomic E-state index is 11.7. The fourth-order valence-electron chi connectivity index (χ4n) is 2.52. The summed E-state index contributed by atoms with van der Waals surface area (Å²) in [6.07, 6.45) is 0.439. The molecule has 1 heterocycles. The molecule has 0 saturated carbocycles. The molecule has 102 valence electrons. The lowest BCUT2D eigenvalue weighted by atomic mass is 9.80. The predicted molar refractivity (Wildman–Crippen MR) is 69.2 cm³/mol. The van der Waals surface area contributed by atoms with Crippen LogP contribution in [0.15, 0.2) is 24.3 Å². The number of nitrogens with zero attached hydrogens (tertiary/aromatic N) is 1. The van der Waals surface area contributed by atoms with Gasteiger partial charge in [0.1, 0.15) is 11.2 Å². The van der Waals surface area contributed by atoms with Crippen molar-refractivity contribution in [3.8, 4) is 5.75 Å². The van der Waals surface area contributed by atoms with E-state index in [1.807, 2.05) is 0 Å². The maximum Gasteiger partial charge on any atom is 0.316 e. The molecule has 1 aromatic rings. The van der Waals surface area contributed by atoms with Crippen molar-refractivity contribution < 1.29 is 19.4 Å². The van der Waals surface area contributed by atoms with Gasteiger partial charge in [-0.15, -0.1) is 0 Å². The molecule has 1 aromatic carbocycles.